The summed E-state index contributed by atoms with van der Waals surface area (Å²) in [5.74, 6) is 1.40. The molecule has 1 fully saturated rings. The molecule has 1 aromatic carbocycles. The Morgan fingerprint density at radius 3 is 2.58 bits per heavy atom. The van der Waals surface area contributed by atoms with Gasteiger partial charge in [-0.1, -0.05) is 0 Å². The van der Waals surface area contributed by atoms with Gasteiger partial charge in [-0.25, -0.2) is 0 Å². The highest BCUT2D eigenvalue weighted by molar-refractivity contribution is 6.18. The summed E-state index contributed by atoms with van der Waals surface area (Å²) in [6.45, 7) is 0. The van der Waals surface area contributed by atoms with Crippen molar-refractivity contribution in [2.75, 3.05) is 11.2 Å². The van der Waals surface area contributed by atoms with Gasteiger partial charge < -0.3 is 10.1 Å². The van der Waals surface area contributed by atoms with Crippen LogP contribution < -0.4 is 10.1 Å². The van der Waals surface area contributed by atoms with Crippen LogP contribution in [0.3, 0.4) is 0 Å². The summed E-state index contributed by atoms with van der Waals surface area (Å²) in [5, 5.41) is 2.84. The molecular weight excluding hydrogens is 262 g/mol. The van der Waals surface area contributed by atoms with Gasteiger partial charge in [-0.05, 0) is 56.4 Å². The van der Waals surface area contributed by atoms with Gasteiger partial charge in [0.15, 0.2) is 0 Å². The van der Waals surface area contributed by atoms with E-state index in [0.717, 1.165) is 24.3 Å². The first-order valence-electron chi connectivity index (χ1n) is 6.90. The zero-order chi connectivity index (χ0) is 13.5. The molecule has 0 atom stereocenters. The molecule has 1 aliphatic rings. The van der Waals surface area contributed by atoms with Gasteiger partial charge in [0.1, 0.15) is 5.75 Å². The molecule has 1 saturated carbocycles. The van der Waals surface area contributed by atoms with E-state index in [2.05, 4.69) is 5.32 Å². The van der Waals surface area contributed by atoms with Crippen LogP contribution in [0.1, 0.15) is 38.5 Å². The van der Waals surface area contributed by atoms with Crippen LogP contribution >= 0.6 is 11.6 Å². The SMILES string of the molecule is O=C(CCCCl)Nc1ccc(OC2CCCC2)cc1. The Labute approximate surface area is 119 Å². The molecule has 19 heavy (non-hydrogen) atoms. The van der Waals surface area contributed by atoms with E-state index in [0.29, 0.717) is 24.8 Å². The number of benzene rings is 1. The van der Waals surface area contributed by atoms with Crippen LogP contribution in [0.2, 0.25) is 0 Å². The molecule has 0 spiro atoms. The number of carbonyl (C=O) groups excluding carboxylic acids is 1. The Hall–Kier alpha value is -1.22. The van der Waals surface area contributed by atoms with Gasteiger partial charge in [0, 0.05) is 18.0 Å². The van der Waals surface area contributed by atoms with Gasteiger partial charge >= 0.3 is 0 Å². The minimum Gasteiger partial charge on any atom is -0.490 e. The van der Waals surface area contributed by atoms with Crippen molar-refractivity contribution in [3.63, 3.8) is 0 Å². The number of hydrogen-bond donors (Lipinski definition) is 1. The third-order valence-electron chi connectivity index (χ3n) is 3.28. The molecule has 1 aliphatic carbocycles. The van der Waals surface area contributed by atoms with Crippen molar-refractivity contribution in [3.05, 3.63) is 24.3 Å². The fourth-order valence-electron chi connectivity index (χ4n) is 2.27. The maximum absolute atomic E-state index is 11.5. The molecule has 1 aromatic rings. The minimum atomic E-state index is 0.00473. The van der Waals surface area contributed by atoms with Crippen LogP contribution in [0.15, 0.2) is 24.3 Å². The average Bonchev–Trinajstić information content (AvgIpc) is 2.91. The molecule has 2 rings (SSSR count). The summed E-state index contributed by atoms with van der Waals surface area (Å²) in [5.41, 5.74) is 0.804. The molecule has 0 radical (unpaired) electrons. The molecule has 104 valence electrons. The van der Waals surface area contributed by atoms with Gasteiger partial charge in [0.25, 0.3) is 0 Å². The molecule has 0 aromatic heterocycles. The van der Waals surface area contributed by atoms with Crippen LogP contribution in [0, 0.1) is 0 Å². The number of alkyl halides is 1. The lowest BCUT2D eigenvalue weighted by Gasteiger charge is -2.13. The largest absolute Gasteiger partial charge is 0.490 e. The average molecular weight is 282 g/mol. The first-order valence-corrected chi connectivity index (χ1v) is 7.44. The maximum Gasteiger partial charge on any atom is 0.224 e. The number of halogens is 1. The Kier molecular flexibility index (Phi) is 5.52. The molecule has 0 heterocycles. The summed E-state index contributed by atoms with van der Waals surface area (Å²) in [4.78, 5) is 11.5. The molecule has 1 amide bonds. The lowest BCUT2D eigenvalue weighted by atomic mass is 10.2. The van der Waals surface area contributed by atoms with E-state index in [1.807, 2.05) is 24.3 Å². The van der Waals surface area contributed by atoms with E-state index in [9.17, 15) is 4.79 Å². The number of rotatable bonds is 6. The minimum absolute atomic E-state index is 0.00473. The monoisotopic (exact) mass is 281 g/mol. The number of amides is 1. The van der Waals surface area contributed by atoms with Crippen molar-refractivity contribution in [2.45, 2.75) is 44.6 Å². The molecule has 0 aliphatic heterocycles. The van der Waals surface area contributed by atoms with Crippen LogP contribution in [-0.4, -0.2) is 17.9 Å². The topological polar surface area (TPSA) is 38.3 Å². The van der Waals surface area contributed by atoms with E-state index in [4.69, 9.17) is 16.3 Å². The van der Waals surface area contributed by atoms with Gasteiger partial charge in [-0.3, -0.25) is 4.79 Å². The second kappa shape index (κ2) is 7.39. The Balaban J connectivity index is 1.82. The van der Waals surface area contributed by atoms with E-state index >= 15 is 0 Å². The quantitative estimate of drug-likeness (QED) is 0.802. The summed E-state index contributed by atoms with van der Waals surface area (Å²) in [6.07, 6.45) is 6.36. The molecule has 1 N–H and O–H groups in total. The highest BCUT2D eigenvalue weighted by atomic mass is 35.5. The standard InChI is InChI=1S/C15H20ClNO2/c16-11-3-6-15(18)17-12-7-9-14(10-8-12)19-13-4-1-2-5-13/h7-10,13H,1-6,11H2,(H,17,18). The summed E-state index contributed by atoms with van der Waals surface area (Å²) in [6, 6.07) is 7.58. The number of ether oxygens (including phenoxy) is 1. The molecule has 0 unspecified atom stereocenters. The molecule has 0 saturated heterocycles. The second-order valence-electron chi connectivity index (χ2n) is 4.89. The molecule has 0 bridgehead atoms. The lowest BCUT2D eigenvalue weighted by Crippen LogP contribution is -2.12. The van der Waals surface area contributed by atoms with Crippen LogP contribution in [0.5, 0.6) is 5.75 Å². The first-order chi connectivity index (χ1) is 9.28. The Morgan fingerprint density at radius 2 is 1.95 bits per heavy atom. The smallest absolute Gasteiger partial charge is 0.224 e. The van der Waals surface area contributed by atoms with Gasteiger partial charge in [-0.2, -0.15) is 0 Å². The van der Waals surface area contributed by atoms with Crippen molar-refractivity contribution in [1.29, 1.82) is 0 Å². The predicted molar refractivity (Wildman–Crippen MR) is 77.9 cm³/mol. The van der Waals surface area contributed by atoms with Crippen LogP contribution in [0.4, 0.5) is 5.69 Å². The van der Waals surface area contributed by atoms with E-state index in [1.54, 1.807) is 0 Å². The van der Waals surface area contributed by atoms with Crippen LogP contribution in [0.25, 0.3) is 0 Å². The van der Waals surface area contributed by atoms with Crippen molar-refractivity contribution in [2.24, 2.45) is 0 Å². The van der Waals surface area contributed by atoms with Crippen molar-refractivity contribution >= 4 is 23.2 Å². The molecular formula is C15H20ClNO2. The predicted octanol–water partition coefficient (Wildman–Crippen LogP) is 3.97. The normalized spacial score (nSPS) is 15.4. The van der Waals surface area contributed by atoms with Crippen molar-refractivity contribution < 1.29 is 9.53 Å². The summed E-state index contributed by atoms with van der Waals surface area (Å²) < 4.78 is 5.87. The summed E-state index contributed by atoms with van der Waals surface area (Å²) >= 11 is 5.55. The Bertz CT molecular complexity index is 399. The number of hydrogen-bond acceptors (Lipinski definition) is 2. The highest BCUT2D eigenvalue weighted by Gasteiger charge is 2.16. The lowest BCUT2D eigenvalue weighted by molar-refractivity contribution is -0.116. The van der Waals surface area contributed by atoms with Crippen molar-refractivity contribution in [3.8, 4) is 5.75 Å². The zero-order valence-electron chi connectivity index (χ0n) is 11.0. The first kappa shape index (κ1) is 14.2. The third-order valence-corrected chi connectivity index (χ3v) is 3.55. The zero-order valence-corrected chi connectivity index (χ0v) is 11.8. The van der Waals surface area contributed by atoms with E-state index in [-0.39, 0.29) is 5.91 Å². The third kappa shape index (κ3) is 4.75. The van der Waals surface area contributed by atoms with Gasteiger partial charge in [0.2, 0.25) is 5.91 Å². The van der Waals surface area contributed by atoms with Crippen molar-refractivity contribution in [1.82, 2.24) is 0 Å². The fourth-order valence-corrected chi connectivity index (χ4v) is 2.40. The number of anilines is 1. The van der Waals surface area contributed by atoms with Gasteiger partial charge in [0.05, 0.1) is 6.10 Å². The van der Waals surface area contributed by atoms with E-state index < -0.39 is 0 Å². The second-order valence-corrected chi connectivity index (χ2v) is 5.27. The maximum atomic E-state index is 11.5. The van der Waals surface area contributed by atoms with E-state index in [1.165, 1.54) is 12.8 Å². The number of carbonyl (C=O) groups is 1. The fraction of sp³-hybridized carbons (Fsp3) is 0.533. The van der Waals surface area contributed by atoms with Crippen LogP contribution in [-0.2, 0) is 4.79 Å². The number of nitrogens with one attached hydrogen (secondary N) is 1. The molecule has 4 heteroatoms. The highest BCUT2D eigenvalue weighted by Crippen LogP contribution is 2.25. The van der Waals surface area contributed by atoms with Gasteiger partial charge in [-0.15, -0.1) is 11.6 Å². The molecule has 3 nitrogen and oxygen atoms in total. The summed E-state index contributed by atoms with van der Waals surface area (Å²) in [7, 11) is 0. The Morgan fingerprint density at radius 1 is 1.26 bits per heavy atom.